The number of hydrogen-bond donors (Lipinski definition) is 2. The molecule has 0 aliphatic carbocycles. The van der Waals surface area contributed by atoms with Gasteiger partial charge in [-0.05, 0) is 38.8 Å². The summed E-state index contributed by atoms with van der Waals surface area (Å²) in [4.78, 5) is 34.5. The van der Waals surface area contributed by atoms with Crippen molar-refractivity contribution >= 4 is 22.6 Å². The van der Waals surface area contributed by atoms with Crippen LogP contribution < -0.4 is 15.4 Å². The molecule has 2 N–H and O–H groups in total. The first kappa shape index (κ1) is 25.9. The lowest BCUT2D eigenvalue weighted by Crippen LogP contribution is -2.31. The molecule has 4 aromatic rings. The lowest BCUT2D eigenvalue weighted by molar-refractivity contribution is 0.0964. The maximum Gasteiger partial charge on any atom is 0.316 e. The van der Waals surface area contributed by atoms with Crippen LogP contribution in [0.15, 0.2) is 55.2 Å². The first-order valence-electron chi connectivity index (χ1n) is 12.3. The third-order valence-corrected chi connectivity index (χ3v) is 6.32. The van der Waals surface area contributed by atoms with Crippen LogP contribution in [0.5, 0.6) is 6.01 Å². The van der Waals surface area contributed by atoms with Gasteiger partial charge in [0, 0.05) is 54.6 Å². The summed E-state index contributed by atoms with van der Waals surface area (Å²) in [5.74, 6) is 0.565. The Morgan fingerprint density at radius 3 is 2.43 bits per heavy atom. The highest BCUT2D eigenvalue weighted by Gasteiger charge is 2.28. The van der Waals surface area contributed by atoms with Crippen molar-refractivity contribution in [3.05, 3.63) is 66.4 Å². The van der Waals surface area contributed by atoms with Crippen molar-refractivity contribution in [3.63, 3.8) is 0 Å². The van der Waals surface area contributed by atoms with Crippen LogP contribution in [-0.4, -0.2) is 50.0 Å². The van der Waals surface area contributed by atoms with Crippen LogP contribution >= 0.6 is 0 Å². The van der Waals surface area contributed by atoms with Gasteiger partial charge in [0.15, 0.2) is 0 Å². The molecule has 0 bridgehead atoms. The standard InChI is InChI=1S/C28H33N7O2/c1-7-28(5,21-10-8-9-19-20(25(36)29-6)11-12-30-24(19)21)16-33-23-13-22(34-17-35-23)18-14-31-26(32-15-18)37-27(2,3)4/h8-15,17H,7,16H2,1-6H3,(H,29,36)(H,33,34,35). The molecule has 0 aliphatic heterocycles. The molecule has 1 amide bonds. The highest BCUT2D eigenvalue weighted by atomic mass is 16.5. The fourth-order valence-corrected chi connectivity index (χ4v) is 4.08. The molecular formula is C28H33N7O2. The van der Waals surface area contributed by atoms with Crippen LogP contribution in [-0.2, 0) is 5.41 Å². The predicted molar refractivity (Wildman–Crippen MR) is 145 cm³/mol. The zero-order valence-corrected chi connectivity index (χ0v) is 22.2. The van der Waals surface area contributed by atoms with Gasteiger partial charge in [-0.25, -0.2) is 19.9 Å². The number of rotatable bonds is 8. The van der Waals surface area contributed by atoms with E-state index in [-0.39, 0.29) is 16.9 Å². The molecule has 3 aromatic heterocycles. The minimum atomic E-state index is -0.372. The Labute approximate surface area is 217 Å². The molecule has 0 spiro atoms. The van der Waals surface area contributed by atoms with Crippen molar-refractivity contribution in [1.29, 1.82) is 0 Å². The van der Waals surface area contributed by atoms with Gasteiger partial charge in [0.25, 0.3) is 5.91 Å². The SMILES string of the molecule is CCC(C)(CNc1cc(-c2cnc(OC(C)(C)C)nc2)ncn1)c1cccc2c(C(=O)NC)ccnc12. The van der Waals surface area contributed by atoms with Crippen LogP contribution in [0.3, 0.4) is 0 Å². The summed E-state index contributed by atoms with van der Waals surface area (Å²) in [7, 11) is 1.63. The van der Waals surface area contributed by atoms with Gasteiger partial charge in [-0.1, -0.05) is 32.0 Å². The van der Waals surface area contributed by atoms with Crippen LogP contribution in [0.2, 0.25) is 0 Å². The van der Waals surface area contributed by atoms with Gasteiger partial charge >= 0.3 is 6.01 Å². The lowest BCUT2D eigenvalue weighted by atomic mass is 9.78. The molecule has 9 nitrogen and oxygen atoms in total. The Morgan fingerprint density at radius 1 is 1.00 bits per heavy atom. The van der Waals surface area contributed by atoms with Gasteiger partial charge in [0.1, 0.15) is 17.7 Å². The molecule has 192 valence electrons. The van der Waals surface area contributed by atoms with Gasteiger partial charge in [-0.15, -0.1) is 0 Å². The number of anilines is 1. The average molecular weight is 500 g/mol. The molecule has 1 unspecified atom stereocenters. The second-order valence-electron chi connectivity index (χ2n) is 10.2. The average Bonchev–Trinajstić information content (AvgIpc) is 2.90. The summed E-state index contributed by atoms with van der Waals surface area (Å²) in [6.45, 7) is 10.8. The number of pyridine rings is 1. The van der Waals surface area contributed by atoms with Gasteiger partial charge in [0.05, 0.1) is 16.8 Å². The monoisotopic (exact) mass is 499 g/mol. The number of nitrogens with one attached hydrogen (secondary N) is 2. The topological polar surface area (TPSA) is 115 Å². The quantitative estimate of drug-likeness (QED) is 0.355. The summed E-state index contributed by atoms with van der Waals surface area (Å²) in [5, 5.41) is 7.03. The fourth-order valence-electron chi connectivity index (χ4n) is 4.08. The molecule has 0 saturated carbocycles. The number of benzene rings is 1. The molecule has 0 aliphatic rings. The van der Waals surface area contributed by atoms with E-state index in [1.165, 1.54) is 6.33 Å². The molecule has 4 rings (SSSR count). The summed E-state index contributed by atoms with van der Waals surface area (Å²) in [5.41, 5.74) is 3.35. The minimum Gasteiger partial charge on any atom is -0.458 e. The third-order valence-electron chi connectivity index (χ3n) is 6.32. The molecule has 1 atom stereocenters. The predicted octanol–water partition coefficient (Wildman–Crippen LogP) is 4.80. The van der Waals surface area contributed by atoms with E-state index in [9.17, 15) is 4.79 Å². The van der Waals surface area contributed by atoms with Gasteiger partial charge in [0.2, 0.25) is 0 Å². The van der Waals surface area contributed by atoms with Crippen molar-refractivity contribution < 1.29 is 9.53 Å². The first-order valence-corrected chi connectivity index (χ1v) is 12.3. The molecule has 0 radical (unpaired) electrons. The number of ether oxygens (including phenoxy) is 1. The smallest absolute Gasteiger partial charge is 0.316 e. The number of nitrogens with zero attached hydrogens (tertiary/aromatic N) is 5. The first-order chi connectivity index (χ1) is 17.6. The van der Waals surface area contributed by atoms with Gasteiger partial charge < -0.3 is 15.4 Å². The number of fused-ring (bicyclic) bond motifs is 1. The number of amides is 1. The molecular weight excluding hydrogens is 466 g/mol. The van der Waals surface area contributed by atoms with Crippen LogP contribution in [0.1, 0.15) is 57.0 Å². The maximum atomic E-state index is 12.4. The zero-order chi connectivity index (χ0) is 26.6. The molecule has 9 heteroatoms. The lowest BCUT2D eigenvalue weighted by Gasteiger charge is -2.30. The molecule has 1 aromatic carbocycles. The largest absolute Gasteiger partial charge is 0.458 e. The van der Waals surface area contributed by atoms with E-state index in [0.717, 1.165) is 28.5 Å². The van der Waals surface area contributed by atoms with Crippen LogP contribution in [0.25, 0.3) is 22.2 Å². The minimum absolute atomic E-state index is 0.128. The third kappa shape index (κ3) is 5.82. The van der Waals surface area contributed by atoms with E-state index in [1.54, 1.807) is 31.7 Å². The molecule has 0 saturated heterocycles. The van der Waals surface area contributed by atoms with Crippen molar-refractivity contribution in [1.82, 2.24) is 30.2 Å². The van der Waals surface area contributed by atoms with Gasteiger partial charge in [-0.3, -0.25) is 9.78 Å². The highest BCUT2D eigenvalue weighted by Crippen LogP contribution is 2.34. The van der Waals surface area contributed by atoms with Crippen molar-refractivity contribution in [2.45, 2.75) is 52.1 Å². The van der Waals surface area contributed by atoms with E-state index < -0.39 is 0 Å². The van der Waals surface area contributed by atoms with Crippen molar-refractivity contribution in [2.24, 2.45) is 0 Å². The van der Waals surface area contributed by atoms with E-state index in [0.29, 0.717) is 29.6 Å². The second-order valence-corrected chi connectivity index (χ2v) is 10.2. The number of aromatic nitrogens is 5. The summed E-state index contributed by atoms with van der Waals surface area (Å²) in [6, 6.07) is 9.96. The molecule has 3 heterocycles. The Morgan fingerprint density at radius 2 is 1.76 bits per heavy atom. The maximum absolute atomic E-state index is 12.4. The Balaban J connectivity index is 1.58. The fraction of sp³-hybridized carbons (Fsp3) is 0.357. The number of para-hydroxylation sites is 1. The van der Waals surface area contributed by atoms with E-state index >= 15 is 0 Å². The molecule has 0 fully saturated rings. The van der Waals surface area contributed by atoms with Crippen LogP contribution in [0.4, 0.5) is 5.82 Å². The Hall–Kier alpha value is -4.14. The van der Waals surface area contributed by atoms with Gasteiger partial charge in [-0.2, -0.15) is 0 Å². The normalized spacial score (nSPS) is 13.1. The zero-order valence-electron chi connectivity index (χ0n) is 22.2. The summed E-state index contributed by atoms with van der Waals surface area (Å²) in [6.07, 6.45) is 7.46. The van der Waals surface area contributed by atoms with Crippen molar-refractivity contribution in [2.75, 3.05) is 18.9 Å². The Kier molecular flexibility index (Phi) is 7.33. The number of hydrogen-bond acceptors (Lipinski definition) is 8. The second kappa shape index (κ2) is 10.5. The molecule has 37 heavy (non-hydrogen) atoms. The Bertz CT molecular complexity index is 1400. The number of carbonyl (C=O) groups excluding carboxylic acids is 1. The van der Waals surface area contributed by atoms with Crippen LogP contribution in [0, 0.1) is 0 Å². The van der Waals surface area contributed by atoms with E-state index in [4.69, 9.17) is 4.74 Å². The van der Waals surface area contributed by atoms with E-state index in [2.05, 4.69) is 55.5 Å². The number of carbonyl (C=O) groups is 1. The summed E-state index contributed by atoms with van der Waals surface area (Å²) < 4.78 is 5.71. The van der Waals surface area contributed by atoms with E-state index in [1.807, 2.05) is 39.0 Å². The highest BCUT2D eigenvalue weighted by molar-refractivity contribution is 6.06. The van der Waals surface area contributed by atoms with Crippen molar-refractivity contribution in [3.8, 4) is 17.3 Å². The summed E-state index contributed by atoms with van der Waals surface area (Å²) >= 11 is 0.